The molecule has 1 amide bonds. The molecule has 0 spiro atoms. The summed E-state index contributed by atoms with van der Waals surface area (Å²) >= 11 is 0. The van der Waals surface area contributed by atoms with Crippen LogP contribution in [0, 0.1) is 17.5 Å². The molecule has 4 heterocycles. The number of carbonyl (C=O) groups excluding carboxylic acids is 1. The van der Waals surface area contributed by atoms with Gasteiger partial charge in [0.25, 0.3) is 5.91 Å². The molecular weight excluding hydrogens is 419 g/mol. The predicted octanol–water partition coefficient (Wildman–Crippen LogP) is 4.21. The Kier molecular flexibility index (Phi) is 4.69. The number of carbonyl (C=O) groups is 1. The van der Waals surface area contributed by atoms with Crippen molar-refractivity contribution in [1.29, 1.82) is 0 Å². The lowest BCUT2D eigenvalue weighted by molar-refractivity contribution is 0.0675. The first-order valence-corrected chi connectivity index (χ1v) is 10.1. The minimum absolute atomic E-state index is 0.194. The average Bonchev–Trinajstić information content (AvgIpc) is 3.13. The molecule has 5 rings (SSSR count). The molecule has 1 unspecified atom stereocenters. The van der Waals surface area contributed by atoms with E-state index in [1.165, 1.54) is 10.9 Å². The van der Waals surface area contributed by atoms with Crippen molar-refractivity contribution in [3.63, 3.8) is 0 Å². The smallest absolute Gasteiger partial charge is 0.256 e. The number of pyridine rings is 2. The number of aryl methyl sites for hydroxylation is 1. The first-order chi connectivity index (χ1) is 15.4. The Morgan fingerprint density at radius 1 is 1.16 bits per heavy atom. The summed E-state index contributed by atoms with van der Waals surface area (Å²) in [6, 6.07) is 5.14. The molecule has 6 nitrogen and oxygen atoms in total. The fourth-order valence-electron chi connectivity index (χ4n) is 4.40. The number of benzene rings is 1. The van der Waals surface area contributed by atoms with E-state index in [9.17, 15) is 18.0 Å². The van der Waals surface area contributed by atoms with Gasteiger partial charge in [-0.05, 0) is 31.5 Å². The van der Waals surface area contributed by atoms with Crippen LogP contribution in [0.4, 0.5) is 13.2 Å². The highest BCUT2D eigenvalue weighted by atomic mass is 19.2. The van der Waals surface area contributed by atoms with Gasteiger partial charge in [-0.25, -0.2) is 13.2 Å². The van der Waals surface area contributed by atoms with Gasteiger partial charge in [0.15, 0.2) is 17.5 Å². The van der Waals surface area contributed by atoms with Crippen LogP contribution < -0.4 is 0 Å². The second kappa shape index (κ2) is 7.44. The number of fused-ring (bicyclic) bond motifs is 2. The Balaban J connectivity index is 1.54. The van der Waals surface area contributed by atoms with Crippen molar-refractivity contribution in [2.24, 2.45) is 7.05 Å². The van der Waals surface area contributed by atoms with Crippen LogP contribution in [0.1, 0.15) is 34.6 Å². The fourth-order valence-corrected chi connectivity index (χ4v) is 4.40. The number of hydrogen-bond donors (Lipinski definition) is 0. The maximum atomic E-state index is 13.8. The Labute approximate surface area is 181 Å². The van der Waals surface area contributed by atoms with Crippen molar-refractivity contribution >= 4 is 16.8 Å². The second-order valence-corrected chi connectivity index (χ2v) is 7.77. The molecule has 32 heavy (non-hydrogen) atoms. The average molecular weight is 437 g/mol. The normalized spacial score (nSPS) is 15.8. The number of nitrogens with zero attached hydrogens (tertiary/aromatic N) is 5. The van der Waals surface area contributed by atoms with Crippen molar-refractivity contribution in [3.8, 4) is 11.3 Å². The van der Waals surface area contributed by atoms with Crippen LogP contribution in [0.5, 0.6) is 0 Å². The number of hydrogen-bond acceptors (Lipinski definition) is 4. The zero-order chi connectivity index (χ0) is 22.6. The van der Waals surface area contributed by atoms with Gasteiger partial charge in [-0.3, -0.25) is 19.4 Å². The van der Waals surface area contributed by atoms with E-state index in [1.54, 1.807) is 30.4 Å². The van der Waals surface area contributed by atoms with Crippen molar-refractivity contribution in [2.75, 3.05) is 6.54 Å². The zero-order valence-corrected chi connectivity index (χ0v) is 17.3. The molecule has 1 aliphatic heterocycles. The molecule has 0 bridgehead atoms. The van der Waals surface area contributed by atoms with E-state index in [-0.39, 0.29) is 17.5 Å². The second-order valence-electron chi connectivity index (χ2n) is 7.77. The first kappa shape index (κ1) is 20.2. The lowest BCUT2D eigenvalue weighted by atomic mass is 9.94. The molecule has 4 aromatic rings. The number of aromatic nitrogens is 4. The SMILES string of the molecule is CC1c2nn(C)c(-c3cc(F)c(F)c(F)c3)c2CCN1C(=O)c1cncc2ncccc12. The Bertz CT molecular complexity index is 1360. The van der Waals surface area contributed by atoms with Crippen LogP contribution >= 0.6 is 0 Å². The molecule has 0 fully saturated rings. The van der Waals surface area contributed by atoms with Gasteiger partial charge in [0.05, 0.1) is 34.7 Å². The number of rotatable bonds is 2. The molecule has 0 N–H and O–H groups in total. The van der Waals surface area contributed by atoms with Crippen molar-refractivity contribution in [2.45, 2.75) is 19.4 Å². The molecule has 9 heteroatoms. The van der Waals surface area contributed by atoms with E-state index in [0.29, 0.717) is 40.8 Å². The maximum absolute atomic E-state index is 13.8. The Morgan fingerprint density at radius 2 is 1.91 bits per heavy atom. The van der Waals surface area contributed by atoms with Gasteiger partial charge >= 0.3 is 0 Å². The quantitative estimate of drug-likeness (QED) is 0.441. The molecule has 1 aromatic carbocycles. The molecule has 162 valence electrons. The first-order valence-electron chi connectivity index (χ1n) is 10.1. The van der Waals surface area contributed by atoms with Gasteiger partial charge in [-0.2, -0.15) is 5.10 Å². The highest BCUT2D eigenvalue weighted by Crippen LogP contribution is 2.37. The summed E-state index contributed by atoms with van der Waals surface area (Å²) in [5, 5.41) is 5.25. The van der Waals surface area contributed by atoms with Crippen LogP contribution in [0.3, 0.4) is 0 Å². The summed E-state index contributed by atoms with van der Waals surface area (Å²) in [4.78, 5) is 23.5. The maximum Gasteiger partial charge on any atom is 0.256 e. The molecule has 1 atom stereocenters. The molecule has 0 aliphatic carbocycles. The van der Waals surface area contributed by atoms with Crippen molar-refractivity contribution < 1.29 is 18.0 Å². The van der Waals surface area contributed by atoms with Crippen LogP contribution in [0.2, 0.25) is 0 Å². The van der Waals surface area contributed by atoms with Crippen molar-refractivity contribution in [3.05, 3.63) is 77.1 Å². The van der Waals surface area contributed by atoms with Gasteiger partial charge in [-0.1, -0.05) is 6.07 Å². The summed E-state index contributed by atoms with van der Waals surface area (Å²) in [5.41, 5.74) is 3.21. The Hall–Kier alpha value is -3.75. The summed E-state index contributed by atoms with van der Waals surface area (Å²) in [6.07, 6.45) is 5.22. The topological polar surface area (TPSA) is 63.9 Å². The van der Waals surface area contributed by atoms with Gasteiger partial charge in [0.1, 0.15) is 0 Å². The molecule has 3 aromatic heterocycles. The van der Waals surface area contributed by atoms with E-state index in [0.717, 1.165) is 17.7 Å². The Morgan fingerprint density at radius 3 is 2.66 bits per heavy atom. The summed E-state index contributed by atoms with van der Waals surface area (Å²) in [5.74, 6) is -4.21. The predicted molar refractivity (Wildman–Crippen MR) is 111 cm³/mol. The summed E-state index contributed by atoms with van der Waals surface area (Å²) < 4.78 is 42.7. The highest BCUT2D eigenvalue weighted by Gasteiger charge is 2.34. The van der Waals surface area contributed by atoms with Crippen LogP contribution in [0.25, 0.3) is 22.2 Å². The minimum atomic E-state index is -1.51. The third-order valence-electron chi connectivity index (χ3n) is 5.92. The van der Waals surface area contributed by atoms with Gasteiger partial charge in [0, 0.05) is 42.5 Å². The molecular formula is C23H18F3N5O. The third-order valence-corrected chi connectivity index (χ3v) is 5.92. The van der Waals surface area contributed by atoms with Crippen LogP contribution in [0.15, 0.2) is 42.9 Å². The third kappa shape index (κ3) is 3.04. The lowest BCUT2D eigenvalue weighted by Gasteiger charge is -2.33. The molecule has 1 aliphatic rings. The number of halogens is 3. The number of amides is 1. The molecule has 0 radical (unpaired) electrons. The van der Waals surface area contributed by atoms with E-state index in [4.69, 9.17) is 0 Å². The summed E-state index contributed by atoms with van der Waals surface area (Å²) in [7, 11) is 1.66. The van der Waals surface area contributed by atoms with E-state index in [2.05, 4.69) is 15.1 Å². The standard InChI is InChI=1S/C23H18F3N5O/c1-12-21-15(22(30(2)29-21)13-8-17(24)20(26)18(25)9-13)5-7-31(12)23(32)16-10-27-11-19-14(16)4-3-6-28-19/h3-4,6,8-12H,5,7H2,1-2H3. The van der Waals surface area contributed by atoms with Gasteiger partial charge in [0.2, 0.25) is 0 Å². The largest absolute Gasteiger partial charge is 0.330 e. The fraction of sp³-hybridized carbons (Fsp3) is 0.217. The molecule has 0 saturated heterocycles. The van der Waals surface area contributed by atoms with Gasteiger partial charge in [-0.15, -0.1) is 0 Å². The van der Waals surface area contributed by atoms with Crippen LogP contribution in [-0.2, 0) is 13.5 Å². The summed E-state index contributed by atoms with van der Waals surface area (Å²) in [6.45, 7) is 2.24. The van der Waals surface area contributed by atoms with E-state index >= 15 is 0 Å². The molecule has 0 saturated carbocycles. The van der Waals surface area contributed by atoms with E-state index < -0.39 is 17.5 Å². The van der Waals surface area contributed by atoms with Crippen molar-refractivity contribution in [1.82, 2.24) is 24.6 Å². The minimum Gasteiger partial charge on any atom is -0.330 e. The lowest BCUT2D eigenvalue weighted by Crippen LogP contribution is -2.39. The monoisotopic (exact) mass is 437 g/mol. The van der Waals surface area contributed by atoms with Gasteiger partial charge < -0.3 is 4.90 Å². The van der Waals surface area contributed by atoms with E-state index in [1.807, 2.05) is 13.0 Å². The highest BCUT2D eigenvalue weighted by molar-refractivity contribution is 6.05. The van der Waals surface area contributed by atoms with Crippen LogP contribution in [-0.4, -0.2) is 37.1 Å². The zero-order valence-electron chi connectivity index (χ0n) is 17.3.